The Labute approximate surface area is 111 Å². The summed E-state index contributed by atoms with van der Waals surface area (Å²) in [4.78, 5) is 24.8. The Kier molecular flexibility index (Phi) is 4.37. The number of carboxylic acids is 1. The second kappa shape index (κ2) is 5.82. The van der Waals surface area contributed by atoms with Crippen LogP contribution in [-0.2, 0) is 4.79 Å². The van der Waals surface area contributed by atoms with Gasteiger partial charge in [0, 0.05) is 18.3 Å². The molecule has 2 heterocycles. The minimum absolute atomic E-state index is 0.0361. The highest BCUT2D eigenvalue weighted by Gasteiger charge is 2.39. The third kappa shape index (κ3) is 2.91. The van der Waals surface area contributed by atoms with Gasteiger partial charge in [-0.25, -0.2) is 9.59 Å². The van der Waals surface area contributed by atoms with Crippen LogP contribution < -0.4 is 5.32 Å². The molecule has 0 aliphatic carbocycles. The van der Waals surface area contributed by atoms with Crippen molar-refractivity contribution in [3.8, 4) is 0 Å². The Morgan fingerprint density at radius 3 is 2.78 bits per heavy atom. The molecule has 0 saturated carbocycles. The lowest BCUT2D eigenvalue weighted by Crippen LogP contribution is -2.51. The van der Waals surface area contributed by atoms with Gasteiger partial charge in [-0.05, 0) is 30.9 Å². The van der Waals surface area contributed by atoms with Crippen LogP contribution in [0.2, 0.25) is 0 Å². The fraction of sp³-hybridized carbons (Fsp3) is 0.833. The fourth-order valence-corrected chi connectivity index (χ4v) is 3.74. The van der Waals surface area contributed by atoms with Crippen molar-refractivity contribution in [2.45, 2.75) is 38.3 Å². The number of urea groups is 1. The highest BCUT2D eigenvalue weighted by molar-refractivity contribution is 7.99. The molecule has 0 aromatic rings. The van der Waals surface area contributed by atoms with Gasteiger partial charge >= 0.3 is 12.0 Å². The molecule has 2 saturated heterocycles. The number of carbonyl (C=O) groups is 2. The SMILES string of the molecule is CC1CCN(C(=O)NC2CCCSC2)C1C(=O)O. The van der Waals surface area contributed by atoms with Crippen molar-refractivity contribution in [3.63, 3.8) is 0 Å². The standard InChI is InChI=1S/C12H20N2O3S/c1-8-4-5-14(10(8)11(15)16)12(17)13-9-3-2-6-18-7-9/h8-10H,2-7H2,1H3,(H,13,17)(H,15,16). The number of carboxylic acid groups (broad SMARTS) is 1. The maximum Gasteiger partial charge on any atom is 0.326 e. The fourth-order valence-electron chi connectivity index (χ4n) is 2.66. The first-order chi connectivity index (χ1) is 8.59. The topological polar surface area (TPSA) is 69.6 Å². The van der Waals surface area contributed by atoms with E-state index in [1.807, 2.05) is 18.7 Å². The molecule has 102 valence electrons. The Morgan fingerprint density at radius 1 is 1.39 bits per heavy atom. The summed E-state index contributed by atoms with van der Waals surface area (Å²) in [5.41, 5.74) is 0. The van der Waals surface area contributed by atoms with Gasteiger partial charge in [-0.2, -0.15) is 11.8 Å². The second-order valence-electron chi connectivity index (χ2n) is 5.11. The van der Waals surface area contributed by atoms with Gasteiger partial charge in [0.2, 0.25) is 0 Å². The number of amides is 2. The van der Waals surface area contributed by atoms with E-state index in [1.54, 1.807) is 0 Å². The number of likely N-dealkylation sites (tertiary alicyclic amines) is 1. The van der Waals surface area contributed by atoms with E-state index in [9.17, 15) is 14.7 Å². The predicted octanol–water partition coefficient (Wildman–Crippen LogP) is 1.39. The van der Waals surface area contributed by atoms with Gasteiger partial charge in [0.15, 0.2) is 0 Å². The van der Waals surface area contributed by atoms with E-state index in [-0.39, 0.29) is 18.0 Å². The lowest BCUT2D eigenvalue weighted by molar-refractivity contribution is -0.142. The van der Waals surface area contributed by atoms with Crippen molar-refractivity contribution < 1.29 is 14.7 Å². The Bertz CT molecular complexity index is 331. The molecule has 3 unspecified atom stereocenters. The molecule has 5 nitrogen and oxygen atoms in total. The first kappa shape index (κ1) is 13.5. The zero-order valence-corrected chi connectivity index (χ0v) is 11.4. The van der Waals surface area contributed by atoms with Crippen LogP contribution >= 0.6 is 11.8 Å². The average molecular weight is 272 g/mol. The molecule has 2 rings (SSSR count). The molecule has 6 heteroatoms. The van der Waals surface area contributed by atoms with Crippen molar-refractivity contribution in [2.75, 3.05) is 18.1 Å². The molecule has 0 aromatic heterocycles. The number of hydrogen-bond donors (Lipinski definition) is 2. The largest absolute Gasteiger partial charge is 0.480 e. The van der Waals surface area contributed by atoms with E-state index in [0.29, 0.717) is 6.54 Å². The van der Waals surface area contributed by atoms with Gasteiger partial charge in [-0.3, -0.25) is 0 Å². The first-order valence-corrected chi connectivity index (χ1v) is 7.62. The van der Waals surface area contributed by atoms with Gasteiger partial charge in [-0.1, -0.05) is 6.92 Å². The Hall–Kier alpha value is -0.910. The lowest BCUT2D eigenvalue weighted by Gasteiger charge is -2.28. The maximum atomic E-state index is 12.1. The molecule has 0 aromatic carbocycles. The average Bonchev–Trinajstić information content (AvgIpc) is 2.72. The minimum atomic E-state index is -0.895. The van der Waals surface area contributed by atoms with E-state index in [0.717, 1.165) is 30.8 Å². The molecule has 18 heavy (non-hydrogen) atoms. The van der Waals surface area contributed by atoms with Gasteiger partial charge in [0.05, 0.1) is 0 Å². The molecule has 2 fully saturated rings. The van der Waals surface area contributed by atoms with E-state index in [2.05, 4.69) is 5.32 Å². The first-order valence-electron chi connectivity index (χ1n) is 6.47. The normalized spacial score (nSPS) is 32.3. The Morgan fingerprint density at radius 2 is 2.17 bits per heavy atom. The van der Waals surface area contributed by atoms with Crippen LogP contribution in [0.25, 0.3) is 0 Å². The van der Waals surface area contributed by atoms with Gasteiger partial charge < -0.3 is 15.3 Å². The summed E-state index contributed by atoms with van der Waals surface area (Å²) in [5, 5.41) is 12.2. The Balaban J connectivity index is 1.93. The van der Waals surface area contributed by atoms with Crippen molar-refractivity contribution in [3.05, 3.63) is 0 Å². The summed E-state index contributed by atoms with van der Waals surface area (Å²) in [6, 6.07) is -0.679. The van der Waals surface area contributed by atoms with Crippen LogP contribution in [0, 0.1) is 5.92 Å². The molecular weight excluding hydrogens is 252 g/mol. The summed E-state index contributed by atoms with van der Waals surface area (Å²) in [5.74, 6) is 1.24. The zero-order chi connectivity index (χ0) is 13.1. The summed E-state index contributed by atoms with van der Waals surface area (Å²) in [6.07, 6.45) is 2.89. The quantitative estimate of drug-likeness (QED) is 0.797. The van der Waals surface area contributed by atoms with Crippen LogP contribution in [0.15, 0.2) is 0 Å². The minimum Gasteiger partial charge on any atom is -0.480 e. The number of rotatable bonds is 2. The zero-order valence-electron chi connectivity index (χ0n) is 10.6. The number of carbonyl (C=O) groups excluding carboxylic acids is 1. The monoisotopic (exact) mass is 272 g/mol. The number of nitrogens with one attached hydrogen (secondary N) is 1. The molecule has 2 N–H and O–H groups in total. The number of aliphatic carboxylic acids is 1. The summed E-state index contributed by atoms with van der Waals surface area (Å²) < 4.78 is 0. The van der Waals surface area contributed by atoms with Crippen molar-refractivity contribution >= 4 is 23.8 Å². The highest BCUT2D eigenvalue weighted by Crippen LogP contribution is 2.25. The number of hydrogen-bond acceptors (Lipinski definition) is 3. The van der Waals surface area contributed by atoms with E-state index in [1.165, 1.54) is 4.90 Å². The molecule has 0 bridgehead atoms. The highest BCUT2D eigenvalue weighted by atomic mass is 32.2. The summed E-state index contributed by atoms with van der Waals surface area (Å²) in [7, 11) is 0. The summed E-state index contributed by atoms with van der Waals surface area (Å²) in [6.45, 7) is 2.44. The van der Waals surface area contributed by atoms with Gasteiger partial charge in [0.1, 0.15) is 6.04 Å². The molecule has 2 aliphatic heterocycles. The van der Waals surface area contributed by atoms with Crippen LogP contribution in [0.1, 0.15) is 26.2 Å². The molecule has 2 aliphatic rings. The van der Waals surface area contributed by atoms with Crippen LogP contribution in [-0.4, -0.2) is 52.1 Å². The predicted molar refractivity (Wildman–Crippen MR) is 70.8 cm³/mol. The third-order valence-electron chi connectivity index (χ3n) is 3.70. The van der Waals surface area contributed by atoms with Crippen molar-refractivity contribution in [1.82, 2.24) is 10.2 Å². The lowest BCUT2D eigenvalue weighted by atomic mass is 10.0. The van der Waals surface area contributed by atoms with Crippen LogP contribution in [0.4, 0.5) is 4.79 Å². The molecule has 2 amide bonds. The van der Waals surface area contributed by atoms with Gasteiger partial charge in [-0.15, -0.1) is 0 Å². The van der Waals surface area contributed by atoms with Crippen LogP contribution in [0.3, 0.4) is 0 Å². The van der Waals surface area contributed by atoms with Crippen molar-refractivity contribution in [1.29, 1.82) is 0 Å². The second-order valence-corrected chi connectivity index (χ2v) is 6.26. The number of nitrogens with zero attached hydrogens (tertiary/aromatic N) is 1. The molecule has 0 spiro atoms. The van der Waals surface area contributed by atoms with Crippen molar-refractivity contribution in [2.24, 2.45) is 5.92 Å². The smallest absolute Gasteiger partial charge is 0.326 e. The van der Waals surface area contributed by atoms with Gasteiger partial charge in [0.25, 0.3) is 0 Å². The third-order valence-corrected chi connectivity index (χ3v) is 4.92. The molecule has 3 atom stereocenters. The molecular formula is C12H20N2O3S. The van der Waals surface area contributed by atoms with E-state index in [4.69, 9.17) is 0 Å². The molecule has 0 radical (unpaired) electrons. The van der Waals surface area contributed by atoms with E-state index >= 15 is 0 Å². The summed E-state index contributed by atoms with van der Waals surface area (Å²) >= 11 is 1.85. The number of thioether (sulfide) groups is 1. The maximum absolute atomic E-state index is 12.1. The van der Waals surface area contributed by atoms with Crippen LogP contribution in [0.5, 0.6) is 0 Å². The van der Waals surface area contributed by atoms with E-state index < -0.39 is 12.0 Å².